The number of aliphatic imine (C=N–C) groups is 1. The molecule has 0 saturated heterocycles. The second kappa shape index (κ2) is 11.9. The van der Waals surface area contributed by atoms with Crippen LogP contribution in [0.5, 0.6) is 5.88 Å². The van der Waals surface area contributed by atoms with Crippen molar-refractivity contribution >= 4 is 5.96 Å². The zero-order valence-electron chi connectivity index (χ0n) is 15.6. The second-order valence-electron chi connectivity index (χ2n) is 5.74. The predicted molar refractivity (Wildman–Crippen MR) is 104 cm³/mol. The maximum Gasteiger partial charge on any atom is 0.213 e. The molecule has 2 rings (SSSR count). The fraction of sp³-hybridized carbons (Fsp3) is 0.400. The molecule has 0 amide bonds. The first-order valence-electron chi connectivity index (χ1n) is 8.94. The molecule has 1 heterocycles. The highest BCUT2D eigenvalue weighted by Gasteiger charge is 2.01. The molecule has 0 aliphatic carbocycles. The van der Waals surface area contributed by atoms with E-state index in [1.807, 2.05) is 49.4 Å². The average molecular weight is 356 g/mol. The smallest absolute Gasteiger partial charge is 0.213 e. The van der Waals surface area contributed by atoms with Crippen molar-refractivity contribution in [2.75, 3.05) is 26.8 Å². The summed E-state index contributed by atoms with van der Waals surface area (Å²) in [5, 5.41) is 6.54. The quantitative estimate of drug-likeness (QED) is 0.389. The topological polar surface area (TPSA) is 67.8 Å². The molecular weight excluding hydrogens is 328 g/mol. The van der Waals surface area contributed by atoms with Crippen molar-refractivity contribution in [3.63, 3.8) is 0 Å². The van der Waals surface area contributed by atoms with Crippen molar-refractivity contribution in [2.24, 2.45) is 4.99 Å². The number of hydrogen-bond acceptors (Lipinski definition) is 4. The van der Waals surface area contributed by atoms with E-state index >= 15 is 0 Å². The minimum Gasteiger partial charge on any atom is -0.473 e. The molecule has 0 aliphatic heterocycles. The number of benzene rings is 1. The molecule has 0 spiro atoms. The number of pyridine rings is 1. The van der Waals surface area contributed by atoms with Gasteiger partial charge in [0.25, 0.3) is 0 Å². The fourth-order valence-corrected chi connectivity index (χ4v) is 2.29. The second-order valence-corrected chi connectivity index (χ2v) is 5.74. The van der Waals surface area contributed by atoms with Gasteiger partial charge in [0.2, 0.25) is 5.88 Å². The van der Waals surface area contributed by atoms with Crippen LogP contribution in [0.1, 0.15) is 24.5 Å². The molecule has 6 heteroatoms. The van der Waals surface area contributed by atoms with Gasteiger partial charge in [0.1, 0.15) is 6.61 Å². The van der Waals surface area contributed by atoms with Gasteiger partial charge in [-0.1, -0.05) is 30.3 Å². The van der Waals surface area contributed by atoms with Crippen LogP contribution in [0.2, 0.25) is 0 Å². The molecule has 2 N–H and O–H groups in total. The summed E-state index contributed by atoms with van der Waals surface area (Å²) in [6, 6.07) is 13.9. The van der Waals surface area contributed by atoms with Gasteiger partial charge in [-0.25, -0.2) is 9.98 Å². The third-order valence-electron chi connectivity index (χ3n) is 3.61. The summed E-state index contributed by atoms with van der Waals surface area (Å²) in [4.78, 5) is 8.88. The Kier molecular flexibility index (Phi) is 9.00. The van der Waals surface area contributed by atoms with E-state index in [4.69, 9.17) is 9.47 Å². The molecule has 2 aromatic rings. The number of methoxy groups -OCH3 is 1. The third kappa shape index (κ3) is 7.53. The molecule has 1 aromatic carbocycles. The molecule has 0 atom stereocenters. The summed E-state index contributed by atoms with van der Waals surface area (Å²) in [6.45, 7) is 5.49. The summed E-state index contributed by atoms with van der Waals surface area (Å²) in [7, 11) is 1.71. The number of guanidine groups is 1. The SMILES string of the molecule is CCNC(=NCc1ccnc(OCc2ccccc2)c1)NCCCOC. The van der Waals surface area contributed by atoms with Crippen molar-refractivity contribution in [2.45, 2.75) is 26.5 Å². The van der Waals surface area contributed by atoms with Gasteiger partial charge in [0.05, 0.1) is 6.54 Å². The Hall–Kier alpha value is -2.60. The number of ether oxygens (including phenoxy) is 2. The highest BCUT2D eigenvalue weighted by Crippen LogP contribution is 2.12. The summed E-state index contributed by atoms with van der Waals surface area (Å²) in [5.41, 5.74) is 2.17. The van der Waals surface area contributed by atoms with Gasteiger partial charge in [-0.2, -0.15) is 0 Å². The molecule has 26 heavy (non-hydrogen) atoms. The highest BCUT2D eigenvalue weighted by molar-refractivity contribution is 5.79. The molecule has 0 unspecified atom stereocenters. The lowest BCUT2D eigenvalue weighted by Crippen LogP contribution is -2.38. The van der Waals surface area contributed by atoms with Gasteiger partial charge < -0.3 is 20.1 Å². The Balaban J connectivity index is 1.88. The number of rotatable bonds is 10. The largest absolute Gasteiger partial charge is 0.473 e. The number of hydrogen-bond donors (Lipinski definition) is 2. The van der Waals surface area contributed by atoms with Gasteiger partial charge >= 0.3 is 0 Å². The lowest BCUT2D eigenvalue weighted by molar-refractivity contribution is 0.195. The van der Waals surface area contributed by atoms with Crippen LogP contribution in [0.4, 0.5) is 0 Å². The maximum atomic E-state index is 5.77. The Morgan fingerprint density at radius 1 is 1.12 bits per heavy atom. The lowest BCUT2D eigenvalue weighted by atomic mass is 10.2. The van der Waals surface area contributed by atoms with Crippen molar-refractivity contribution < 1.29 is 9.47 Å². The Bertz CT molecular complexity index is 662. The van der Waals surface area contributed by atoms with Crippen LogP contribution in [0.15, 0.2) is 53.7 Å². The van der Waals surface area contributed by atoms with E-state index in [1.54, 1.807) is 13.3 Å². The molecule has 0 aliphatic rings. The van der Waals surface area contributed by atoms with Crippen LogP contribution in [0, 0.1) is 0 Å². The molecule has 0 bridgehead atoms. The molecule has 6 nitrogen and oxygen atoms in total. The lowest BCUT2D eigenvalue weighted by Gasteiger charge is -2.11. The number of aromatic nitrogens is 1. The van der Waals surface area contributed by atoms with Crippen molar-refractivity contribution in [1.82, 2.24) is 15.6 Å². The van der Waals surface area contributed by atoms with Crippen molar-refractivity contribution in [3.05, 3.63) is 59.8 Å². The standard InChI is InChI=1S/C20H28N4O2/c1-3-21-20(23-11-7-13-25-2)24-15-18-10-12-22-19(14-18)26-16-17-8-5-4-6-9-17/h4-6,8-10,12,14H,3,7,11,13,15-16H2,1-2H3,(H2,21,23,24). The summed E-state index contributed by atoms with van der Waals surface area (Å²) in [5.74, 6) is 1.41. The molecule has 1 aromatic heterocycles. The first-order valence-corrected chi connectivity index (χ1v) is 8.94. The first kappa shape index (κ1) is 19.7. The van der Waals surface area contributed by atoms with Crippen LogP contribution >= 0.6 is 0 Å². The van der Waals surface area contributed by atoms with Gasteiger partial charge in [-0.15, -0.1) is 0 Å². The Morgan fingerprint density at radius 2 is 1.96 bits per heavy atom. The third-order valence-corrected chi connectivity index (χ3v) is 3.61. The van der Waals surface area contributed by atoms with E-state index in [1.165, 1.54) is 0 Å². The van der Waals surface area contributed by atoms with E-state index < -0.39 is 0 Å². The van der Waals surface area contributed by atoms with E-state index in [-0.39, 0.29) is 0 Å². The van der Waals surface area contributed by atoms with Gasteiger partial charge in [0.15, 0.2) is 5.96 Å². The van der Waals surface area contributed by atoms with Gasteiger partial charge in [0, 0.05) is 39.1 Å². The highest BCUT2D eigenvalue weighted by atomic mass is 16.5. The predicted octanol–water partition coefficient (Wildman–Crippen LogP) is 2.75. The van der Waals surface area contributed by atoms with E-state index in [2.05, 4.69) is 20.6 Å². The molecular formula is C20H28N4O2. The molecule has 0 fully saturated rings. The Labute approximate surface area is 155 Å². The molecule has 0 radical (unpaired) electrons. The number of nitrogens with one attached hydrogen (secondary N) is 2. The zero-order chi connectivity index (χ0) is 18.5. The zero-order valence-corrected chi connectivity index (χ0v) is 15.6. The number of nitrogens with zero attached hydrogens (tertiary/aromatic N) is 2. The van der Waals surface area contributed by atoms with E-state index in [9.17, 15) is 0 Å². The monoisotopic (exact) mass is 356 g/mol. The van der Waals surface area contributed by atoms with Gasteiger partial charge in [-0.3, -0.25) is 0 Å². The van der Waals surface area contributed by atoms with Crippen LogP contribution in [0.3, 0.4) is 0 Å². The van der Waals surface area contributed by atoms with E-state index in [0.717, 1.165) is 43.2 Å². The molecule has 0 saturated carbocycles. The molecule has 140 valence electrons. The summed E-state index contributed by atoms with van der Waals surface area (Å²) >= 11 is 0. The van der Waals surface area contributed by atoms with Gasteiger partial charge in [-0.05, 0) is 30.5 Å². The van der Waals surface area contributed by atoms with Crippen LogP contribution < -0.4 is 15.4 Å². The van der Waals surface area contributed by atoms with Crippen molar-refractivity contribution in [3.8, 4) is 5.88 Å². The summed E-state index contributed by atoms with van der Waals surface area (Å²) < 4.78 is 10.8. The fourth-order valence-electron chi connectivity index (χ4n) is 2.29. The van der Waals surface area contributed by atoms with Crippen molar-refractivity contribution in [1.29, 1.82) is 0 Å². The Morgan fingerprint density at radius 3 is 2.73 bits per heavy atom. The average Bonchev–Trinajstić information content (AvgIpc) is 2.69. The summed E-state index contributed by atoms with van der Waals surface area (Å²) in [6.07, 6.45) is 2.69. The van der Waals surface area contributed by atoms with Crippen LogP contribution in [-0.4, -0.2) is 37.7 Å². The normalized spacial score (nSPS) is 11.2. The minimum atomic E-state index is 0.504. The minimum absolute atomic E-state index is 0.504. The van der Waals surface area contributed by atoms with E-state index in [0.29, 0.717) is 19.0 Å². The van der Waals surface area contributed by atoms with Crippen LogP contribution in [-0.2, 0) is 17.9 Å². The maximum absolute atomic E-state index is 5.77. The van der Waals surface area contributed by atoms with Crippen LogP contribution in [0.25, 0.3) is 0 Å². The first-order chi connectivity index (χ1) is 12.8.